The highest BCUT2D eigenvalue weighted by Gasteiger charge is 2.34. The first-order valence-corrected chi connectivity index (χ1v) is 8.89. The average Bonchev–Trinajstić information content (AvgIpc) is 3.34. The van der Waals surface area contributed by atoms with E-state index in [1.165, 1.54) is 0 Å². The van der Waals surface area contributed by atoms with Crippen LogP contribution in [0, 0.1) is 11.8 Å². The zero-order chi connectivity index (χ0) is 16.5. The fourth-order valence-corrected chi connectivity index (χ4v) is 3.70. The summed E-state index contributed by atoms with van der Waals surface area (Å²) in [5.41, 5.74) is 7.91. The van der Waals surface area contributed by atoms with Crippen LogP contribution in [0.1, 0.15) is 42.5 Å². The molecular formula is C18H24N4O2. The summed E-state index contributed by atoms with van der Waals surface area (Å²) in [6, 6.07) is 7.96. The van der Waals surface area contributed by atoms with Crippen LogP contribution in [0.5, 0.6) is 0 Å². The Kier molecular flexibility index (Phi) is 4.24. The number of carbonyl (C=O) groups is 2. The van der Waals surface area contributed by atoms with Crippen LogP contribution in [0.25, 0.3) is 0 Å². The third-order valence-electron chi connectivity index (χ3n) is 5.33. The van der Waals surface area contributed by atoms with Gasteiger partial charge in [0.2, 0.25) is 5.91 Å². The zero-order valence-electron chi connectivity index (χ0n) is 13.7. The Morgan fingerprint density at radius 2 is 1.83 bits per heavy atom. The van der Waals surface area contributed by atoms with Crippen LogP contribution < -0.4 is 21.5 Å². The van der Waals surface area contributed by atoms with Gasteiger partial charge in [0.25, 0.3) is 5.91 Å². The number of hydrazine groups is 1. The summed E-state index contributed by atoms with van der Waals surface area (Å²) in [5, 5.41) is 6.05. The van der Waals surface area contributed by atoms with Gasteiger partial charge in [-0.1, -0.05) is 0 Å². The summed E-state index contributed by atoms with van der Waals surface area (Å²) in [4.78, 5) is 24.2. The number of carbonyl (C=O) groups excluding carboxylic acids is 2. The minimum atomic E-state index is -0.0302. The summed E-state index contributed by atoms with van der Waals surface area (Å²) in [6.07, 6.45) is 5.10. The summed E-state index contributed by atoms with van der Waals surface area (Å²) >= 11 is 0. The van der Waals surface area contributed by atoms with E-state index >= 15 is 0 Å². The minimum Gasteiger partial charge on any atom is -0.349 e. The molecule has 0 spiro atoms. The molecule has 1 aliphatic heterocycles. The van der Waals surface area contributed by atoms with Gasteiger partial charge in [-0.05, 0) is 62.3 Å². The highest BCUT2D eigenvalue weighted by Crippen LogP contribution is 2.30. The molecule has 6 heteroatoms. The summed E-state index contributed by atoms with van der Waals surface area (Å²) in [6.45, 7) is 0.979. The van der Waals surface area contributed by atoms with Crippen LogP contribution in [-0.4, -0.2) is 30.4 Å². The minimum absolute atomic E-state index is 0.0302. The second-order valence-corrected chi connectivity index (χ2v) is 7.22. The van der Waals surface area contributed by atoms with Crippen molar-refractivity contribution in [3.05, 3.63) is 29.8 Å². The molecule has 0 bridgehead atoms. The first kappa shape index (κ1) is 15.6. The van der Waals surface area contributed by atoms with Gasteiger partial charge in [-0.2, -0.15) is 0 Å². The van der Waals surface area contributed by atoms with Crippen molar-refractivity contribution in [1.29, 1.82) is 0 Å². The van der Waals surface area contributed by atoms with Crippen LogP contribution >= 0.6 is 0 Å². The molecule has 2 amide bonds. The molecule has 4 N–H and O–H groups in total. The molecule has 24 heavy (non-hydrogen) atoms. The van der Waals surface area contributed by atoms with Gasteiger partial charge in [-0.15, -0.1) is 0 Å². The van der Waals surface area contributed by atoms with Gasteiger partial charge in [0.1, 0.15) is 0 Å². The average molecular weight is 328 g/mol. The van der Waals surface area contributed by atoms with Crippen molar-refractivity contribution >= 4 is 17.5 Å². The first-order chi connectivity index (χ1) is 11.7. The molecule has 128 valence electrons. The molecule has 2 aliphatic carbocycles. The predicted molar refractivity (Wildman–Crippen MR) is 91.3 cm³/mol. The number of hydrogen-bond donors (Lipinski definition) is 4. The predicted octanol–water partition coefficient (Wildman–Crippen LogP) is 1.41. The van der Waals surface area contributed by atoms with E-state index in [0.717, 1.165) is 44.3 Å². The molecule has 4 rings (SSSR count). The van der Waals surface area contributed by atoms with Crippen LogP contribution in [0.4, 0.5) is 5.69 Å². The fourth-order valence-electron chi connectivity index (χ4n) is 3.70. The largest absolute Gasteiger partial charge is 0.349 e. The second-order valence-electron chi connectivity index (χ2n) is 7.22. The third kappa shape index (κ3) is 3.44. The Labute approximate surface area is 141 Å². The van der Waals surface area contributed by atoms with Crippen molar-refractivity contribution < 1.29 is 9.59 Å². The Balaban J connectivity index is 1.31. The van der Waals surface area contributed by atoms with E-state index < -0.39 is 0 Å². The number of amides is 2. The molecule has 1 aromatic rings. The number of nitrogens with one attached hydrogen (secondary N) is 4. The van der Waals surface area contributed by atoms with Crippen LogP contribution in [0.2, 0.25) is 0 Å². The summed E-state index contributed by atoms with van der Waals surface area (Å²) in [5.74, 6) is 0.840. The number of rotatable bonds is 4. The lowest BCUT2D eigenvalue weighted by atomic mass is 9.83. The fraction of sp³-hybridized carbons (Fsp3) is 0.556. The molecule has 1 heterocycles. The van der Waals surface area contributed by atoms with Crippen LogP contribution in [0.15, 0.2) is 24.3 Å². The molecule has 1 aromatic carbocycles. The Morgan fingerprint density at radius 3 is 2.58 bits per heavy atom. The molecule has 0 radical (unpaired) electrons. The molecule has 3 aliphatic rings. The standard InChI is InChI=1S/C18H24N4O2/c23-17(11-1-2-11)20-14-5-3-12(4-6-14)18(24)21-15-7-8-16-13(9-15)10-19-22-16/h3-6,11,13,15-16,19,22H,1-2,7-10H2,(H,20,23)(H,21,24). The van der Waals surface area contributed by atoms with E-state index in [4.69, 9.17) is 0 Å². The third-order valence-corrected chi connectivity index (χ3v) is 5.33. The molecule has 2 saturated carbocycles. The molecule has 6 nitrogen and oxygen atoms in total. The van der Waals surface area contributed by atoms with Crippen molar-refractivity contribution in [2.45, 2.75) is 44.2 Å². The van der Waals surface area contributed by atoms with E-state index in [0.29, 0.717) is 17.5 Å². The van der Waals surface area contributed by atoms with Crippen molar-refractivity contribution in [2.75, 3.05) is 11.9 Å². The lowest BCUT2D eigenvalue weighted by molar-refractivity contribution is -0.117. The lowest BCUT2D eigenvalue weighted by Gasteiger charge is -2.31. The number of benzene rings is 1. The molecular weight excluding hydrogens is 304 g/mol. The zero-order valence-corrected chi connectivity index (χ0v) is 13.7. The van der Waals surface area contributed by atoms with E-state index in [2.05, 4.69) is 21.5 Å². The Hall–Kier alpha value is -1.92. The molecule has 3 unspecified atom stereocenters. The number of anilines is 1. The van der Waals surface area contributed by atoms with Gasteiger partial charge in [-0.3, -0.25) is 20.4 Å². The number of fused-ring (bicyclic) bond motifs is 1. The van der Waals surface area contributed by atoms with Crippen LogP contribution in [0.3, 0.4) is 0 Å². The van der Waals surface area contributed by atoms with Gasteiger partial charge >= 0.3 is 0 Å². The topological polar surface area (TPSA) is 82.3 Å². The maximum absolute atomic E-state index is 12.4. The van der Waals surface area contributed by atoms with E-state index in [1.807, 2.05) is 0 Å². The Bertz CT molecular complexity index is 626. The van der Waals surface area contributed by atoms with Gasteiger partial charge in [0.15, 0.2) is 0 Å². The maximum Gasteiger partial charge on any atom is 0.251 e. The van der Waals surface area contributed by atoms with Crippen molar-refractivity contribution in [1.82, 2.24) is 16.2 Å². The Morgan fingerprint density at radius 1 is 1.04 bits per heavy atom. The molecule has 3 fully saturated rings. The quantitative estimate of drug-likeness (QED) is 0.673. The molecule has 1 saturated heterocycles. The van der Waals surface area contributed by atoms with E-state index in [9.17, 15) is 9.59 Å². The SMILES string of the molecule is O=C(NC1CCC2NNCC2C1)c1ccc(NC(=O)C2CC2)cc1. The van der Waals surface area contributed by atoms with E-state index in [1.54, 1.807) is 24.3 Å². The van der Waals surface area contributed by atoms with E-state index in [-0.39, 0.29) is 23.8 Å². The second kappa shape index (κ2) is 6.53. The lowest BCUT2D eigenvalue weighted by Crippen LogP contribution is -2.44. The first-order valence-electron chi connectivity index (χ1n) is 8.89. The normalized spacial score (nSPS) is 28.9. The van der Waals surface area contributed by atoms with Crippen molar-refractivity contribution in [3.63, 3.8) is 0 Å². The van der Waals surface area contributed by atoms with Gasteiger partial charge in [-0.25, -0.2) is 0 Å². The van der Waals surface area contributed by atoms with Gasteiger partial charge in [0.05, 0.1) is 0 Å². The molecule has 3 atom stereocenters. The highest BCUT2D eigenvalue weighted by molar-refractivity contribution is 5.96. The summed E-state index contributed by atoms with van der Waals surface area (Å²) < 4.78 is 0. The number of hydrogen-bond acceptors (Lipinski definition) is 4. The highest BCUT2D eigenvalue weighted by atomic mass is 16.2. The van der Waals surface area contributed by atoms with Gasteiger partial charge < -0.3 is 10.6 Å². The monoisotopic (exact) mass is 328 g/mol. The maximum atomic E-state index is 12.4. The summed E-state index contributed by atoms with van der Waals surface area (Å²) in [7, 11) is 0. The van der Waals surface area contributed by atoms with Crippen LogP contribution in [-0.2, 0) is 4.79 Å². The molecule has 0 aromatic heterocycles. The van der Waals surface area contributed by atoms with Crippen molar-refractivity contribution in [3.8, 4) is 0 Å². The smallest absolute Gasteiger partial charge is 0.251 e. The van der Waals surface area contributed by atoms with Gasteiger partial charge in [0, 0.05) is 35.8 Å². The van der Waals surface area contributed by atoms with Crippen molar-refractivity contribution in [2.24, 2.45) is 11.8 Å².